The third-order valence-electron chi connectivity index (χ3n) is 8.61. The van der Waals surface area contributed by atoms with Crippen LogP contribution in [0.5, 0.6) is 11.5 Å². The van der Waals surface area contributed by atoms with Crippen molar-refractivity contribution in [2.24, 2.45) is 0 Å². The largest absolute Gasteiger partial charge is 0.453 e. The van der Waals surface area contributed by atoms with Crippen LogP contribution in [-0.2, 0) is 5.41 Å². The Morgan fingerprint density at radius 3 is 1.86 bits per heavy atom. The van der Waals surface area contributed by atoms with Crippen molar-refractivity contribution in [2.75, 3.05) is 9.80 Å². The Morgan fingerprint density at radius 2 is 1.10 bits per heavy atom. The van der Waals surface area contributed by atoms with Crippen molar-refractivity contribution >= 4 is 34.1 Å². The van der Waals surface area contributed by atoms with Gasteiger partial charge in [0.15, 0.2) is 11.5 Å². The lowest BCUT2D eigenvalue weighted by molar-refractivity contribution is 0.471. The Balaban J connectivity index is 1.34. The van der Waals surface area contributed by atoms with Crippen molar-refractivity contribution in [2.45, 2.75) is 19.3 Å². The molecule has 0 aromatic heterocycles. The fourth-order valence-corrected chi connectivity index (χ4v) is 6.52. The van der Waals surface area contributed by atoms with Crippen LogP contribution in [0.25, 0.3) is 11.1 Å². The minimum atomic E-state index is -0.234. The maximum atomic E-state index is 6.70. The molecule has 0 N–H and O–H groups in total. The molecular weight excluding hydrogens is 512 g/mol. The third kappa shape index (κ3) is 3.74. The number of hydrogen-bond donors (Lipinski definition) is 0. The molecule has 202 valence electrons. The molecule has 0 saturated carbocycles. The molecule has 0 spiro atoms. The van der Waals surface area contributed by atoms with E-state index < -0.39 is 0 Å². The molecule has 0 aliphatic carbocycles. The molecule has 0 saturated heterocycles. The second-order valence-electron chi connectivity index (χ2n) is 11.5. The van der Waals surface area contributed by atoms with Gasteiger partial charge in [0.05, 0.1) is 22.7 Å². The van der Waals surface area contributed by atoms with E-state index in [4.69, 9.17) is 4.74 Å². The van der Waals surface area contributed by atoms with Crippen LogP contribution < -0.4 is 14.5 Å². The smallest absolute Gasteiger partial charge is 0.153 e. The molecule has 0 unspecified atom stereocenters. The van der Waals surface area contributed by atoms with Crippen molar-refractivity contribution in [1.82, 2.24) is 0 Å². The number of hydrogen-bond acceptors (Lipinski definition) is 3. The average Bonchev–Trinajstić information content (AvgIpc) is 3.04. The lowest BCUT2D eigenvalue weighted by Crippen LogP contribution is -2.32. The first-order valence-electron chi connectivity index (χ1n) is 14.5. The Morgan fingerprint density at radius 1 is 0.500 bits per heavy atom. The molecule has 42 heavy (non-hydrogen) atoms. The predicted octanol–water partition coefficient (Wildman–Crippen LogP) is 11.0. The van der Waals surface area contributed by atoms with Crippen LogP contribution in [0.2, 0.25) is 0 Å². The summed E-state index contributed by atoms with van der Waals surface area (Å²) in [6.07, 6.45) is 0. The van der Waals surface area contributed by atoms with E-state index in [-0.39, 0.29) is 5.41 Å². The van der Waals surface area contributed by atoms with Gasteiger partial charge in [-0.25, -0.2) is 0 Å². The van der Waals surface area contributed by atoms with E-state index in [0.717, 1.165) is 39.9 Å². The maximum Gasteiger partial charge on any atom is 0.153 e. The van der Waals surface area contributed by atoms with Gasteiger partial charge in [0, 0.05) is 22.9 Å². The van der Waals surface area contributed by atoms with Gasteiger partial charge in [-0.3, -0.25) is 0 Å². The Bertz CT molecular complexity index is 1930. The molecular formula is C39H30N2O. The standard InChI is InChI=1S/C39H30N2O/c1-39(2)32-17-9-10-18-34(32)41-35-19-11-12-20-36(35)42-37-26-31(25-33(39)38(37)41)40(29-15-7-4-8-16-29)30-23-21-28(22-24-30)27-13-5-3-6-14-27/h3-26H,1-2H3. The van der Waals surface area contributed by atoms with Crippen molar-refractivity contribution in [3.63, 3.8) is 0 Å². The summed E-state index contributed by atoms with van der Waals surface area (Å²) < 4.78 is 6.70. The molecule has 2 aliphatic rings. The molecule has 0 fully saturated rings. The number of rotatable bonds is 4. The first-order chi connectivity index (χ1) is 20.6. The fraction of sp³-hybridized carbons (Fsp3) is 0.0769. The SMILES string of the molecule is CC1(C)c2ccccc2N2c3ccccc3Oc3cc(N(c4ccccc4)c4ccc(-c5ccccc5)cc4)cc1c32. The zero-order valence-corrected chi connectivity index (χ0v) is 23.7. The number of nitrogens with zero attached hydrogens (tertiary/aromatic N) is 2. The number of ether oxygens (including phenoxy) is 1. The highest BCUT2D eigenvalue weighted by atomic mass is 16.5. The maximum absolute atomic E-state index is 6.70. The van der Waals surface area contributed by atoms with Crippen molar-refractivity contribution in [3.05, 3.63) is 157 Å². The van der Waals surface area contributed by atoms with Crippen LogP contribution in [0.4, 0.5) is 34.1 Å². The van der Waals surface area contributed by atoms with Gasteiger partial charge >= 0.3 is 0 Å². The van der Waals surface area contributed by atoms with Crippen LogP contribution in [0.3, 0.4) is 0 Å². The molecule has 0 amide bonds. The molecule has 8 rings (SSSR count). The molecule has 0 atom stereocenters. The first-order valence-corrected chi connectivity index (χ1v) is 14.5. The van der Waals surface area contributed by atoms with Gasteiger partial charge in [-0.15, -0.1) is 0 Å². The summed E-state index contributed by atoms with van der Waals surface area (Å²) in [6, 6.07) is 51.6. The van der Waals surface area contributed by atoms with Gasteiger partial charge in [-0.1, -0.05) is 105 Å². The summed E-state index contributed by atoms with van der Waals surface area (Å²) in [5.74, 6) is 1.73. The molecule has 0 bridgehead atoms. The minimum Gasteiger partial charge on any atom is -0.453 e. The second-order valence-corrected chi connectivity index (χ2v) is 11.5. The van der Waals surface area contributed by atoms with Gasteiger partial charge in [-0.05, 0) is 70.8 Å². The summed E-state index contributed by atoms with van der Waals surface area (Å²) in [5.41, 5.74) is 11.4. The van der Waals surface area contributed by atoms with Gasteiger partial charge in [-0.2, -0.15) is 0 Å². The van der Waals surface area contributed by atoms with Gasteiger partial charge in [0.1, 0.15) is 0 Å². The molecule has 6 aromatic rings. The highest BCUT2D eigenvalue weighted by Crippen LogP contribution is 2.61. The zero-order valence-electron chi connectivity index (χ0n) is 23.7. The van der Waals surface area contributed by atoms with E-state index in [9.17, 15) is 0 Å². The number of anilines is 6. The van der Waals surface area contributed by atoms with Crippen molar-refractivity contribution in [3.8, 4) is 22.6 Å². The van der Waals surface area contributed by atoms with E-state index in [2.05, 4.69) is 163 Å². The normalized spacial score (nSPS) is 13.8. The number of fused-ring (bicyclic) bond motifs is 4. The Hall–Kier alpha value is -5.28. The van der Waals surface area contributed by atoms with E-state index >= 15 is 0 Å². The van der Waals surface area contributed by atoms with E-state index in [1.54, 1.807) is 0 Å². The molecule has 2 aliphatic heterocycles. The average molecular weight is 543 g/mol. The fourth-order valence-electron chi connectivity index (χ4n) is 6.52. The molecule has 0 radical (unpaired) electrons. The van der Waals surface area contributed by atoms with Crippen molar-refractivity contribution < 1.29 is 4.74 Å². The van der Waals surface area contributed by atoms with Crippen molar-refractivity contribution in [1.29, 1.82) is 0 Å². The minimum absolute atomic E-state index is 0.234. The predicted molar refractivity (Wildman–Crippen MR) is 173 cm³/mol. The van der Waals surface area contributed by atoms with Crippen LogP contribution in [0.1, 0.15) is 25.0 Å². The first kappa shape index (κ1) is 24.5. The van der Waals surface area contributed by atoms with Crippen LogP contribution in [0.15, 0.2) is 146 Å². The Kier molecular flexibility index (Phi) is 5.48. The molecule has 3 heteroatoms. The molecule has 2 heterocycles. The topological polar surface area (TPSA) is 15.7 Å². The lowest BCUT2D eigenvalue weighted by atomic mass is 9.73. The lowest BCUT2D eigenvalue weighted by Gasteiger charge is -2.45. The van der Waals surface area contributed by atoms with Gasteiger partial charge in [0.2, 0.25) is 0 Å². The van der Waals surface area contributed by atoms with E-state index in [1.165, 1.54) is 27.9 Å². The summed E-state index contributed by atoms with van der Waals surface area (Å²) in [6.45, 7) is 4.65. The summed E-state index contributed by atoms with van der Waals surface area (Å²) in [4.78, 5) is 4.71. The van der Waals surface area contributed by atoms with Crippen LogP contribution >= 0.6 is 0 Å². The molecule has 6 aromatic carbocycles. The second kappa shape index (κ2) is 9.39. The highest BCUT2D eigenvalue weighted by Gasteiger charge is 2.42. The van der Waals surface area contributed by atoms with E-state index in [0.29, 0.717) is 0 Å². The number of benzene rings is 6. The quantitative estimate of drug-likeness (QED) is 0.220. The Labute approximate surface area is 246 Å². The summed E-state index contributed by atoms with van der Waals surface area (Å²) >= 11 is 0. The van der Waals surface area contributed by atoms with Crippen LogP contribution in [0, 0.1) is 0 Å². The monoisotopic (exact) mass is 542 g/mol. The summed E-state index contributed by atoms with van der Waals surface area (Å²) in [7, 11) is 0. The van der Waals surface area contributed by atoms with Gasteiger partial charge in [0.25, 0.3) is 0 Å². The van der Waals surface area contributed by atoms with Gasteiger partial charge < -0.3 is 14.5 Å². The number of para-hydroxylation sites is 4. The highest BCUT2D eigenvalue weighted by molar-refractivity contribution is 5.95. The molecule has 3 nitrogen and oxygen atoms in total. The zero-order chi connectivity index (χ0) is 28.3. The van der Waals surface area contributed by atoms with E-state index in [1.807, 2.05) is 6.07 Å². The summed E-state index contributed by atoms with van der Waals surface area (Å²) in [5, 5.41) is 0. The van der Waals surface area contributed by atoms with Crippen LogP contribution in [-0.4, -0.2) is 0 Å². The third-order valence-corrected chi connectivity index (χ3v) is 8.61.